The van der Waals surface area contributed by atoms with Crippen molar-refractivity contribution in [3.8, 4) is 0 Å². The van der Waals surface area contributed by atoms with Crippen LogP contribution in [0.1, 0.15) is 10.5 Å². The zero-order valence-electron chi connectivity index (χ0n) is 10.2. The minimum Gasteiger partial charge on any atom is -0.321 e. The van der Waals surface area contributed by atoms with Gasteiger partial charge in [-0.25, -0.2) is 13.8 Å². The summed E-state index contributed by atoms with van der Waals surface area (Å²) in [6, 6.07) is 8.13. The number of nitrogens with zero attached hydrogens (tertiary/aromatic N) is 2. The van der Waals surface area contributed by atoms with Gasteiger partial charge in [-0.1, -0.05) is 0 Å². The molecule has 1 aromatic carbocycles. The Morgan fingerprint density at radius 2 is 1.70 bits per heavy atom. The van der Waals surface area contributed by atoms with Gasteiger partial charge >= 0.3 is 0 Å². The SMILES string of the molecule is O=C(Nc1ccc(F)cc1)c1cn2cc(F)ccc2n1. The average Bonchev–Trinajstić information content (AvgIpc) is 2.84. The fraction of sp³-hybridized carbons (Fsp3) is 0. The maximum absolute atomic E-state index is 13.0. The van der Waals surface area contributed by atoms with E-state index >= 15 is 0 Å². The maximum Gasteiger partial charge on any atom is 0.275 e. The Labute approximate surface area is 112 Å². The summed E-state index contributed by atoms with van der Waals surface area (Å²) < 4.78 is 27.2. The number of pyridine rings is 1. The third-order valence-corrected chi connectivity index (χ3v) is 2.75. The van der Waals surface area contributed by atoms with Crippen LogP contribution in [0.5, 0.6) is 0 Å². The molecule has 0 saturated carbocycles. The number of hydrogen-bond acceptors (Lipinski definition) is 2. The van der Waals surface area contributed by atoms with E-state index in [9.17, 15) is 13.6 Å². The largest absolute Gasteiger partial charge is 0.321 e. The minimum absolute atomic E-state index is 0.153. The number of nitrogens with one attached hydrogen (secondary N) is 1. The standard InChI is InChI=1S/C14H9F2N3O/c15-9-1-4-11(5-2-9)17-14(20)12-8-19-7-10(16)3-6-13(19)18-12/h1-8H,(H,17,20). The Morgan fingerprint density at radius 3 is 2.45 bits per heavy atom. The monoisotopic (exact) mass is 273 g/mol. The van der Waals surface area contributed by atoms with Crippen molar-refractivity contribution in [2.75, 3.05) is 5.32 Å². The van der Waals surface area contributed by atoms with Crippen molar-refractivity contribution in [3.05, 3.63) is 66.1 Å². The number of carbonyl (C=O) groups is 1. The highest BCUT2D eigenvalue weighted by molar-refractivity contribution is 6.03. The van der Waals surface area contributed by atoms with Crippen molar-refractivity contribution in [1.82, 2.24) is 9.38 Å². The molecule has 6 heteroatoms. The van der Waals surface area contributed by atoms with E-state index in [0.717, 1.165) is 0 Å². The van der Waals surface area contributed by atoms with Gasteiger partial charge in [0.25, 0.3) is 5.91 Å². The Bertz CT molecular complexity index is 781. The smallest absolute Gasteiger partial charge is 0.275 e. The highest BCUT2D eigenvalue weighted by atomic mass is 19.1. The molecule has 2 heterocycles. The lowest BCUT2D eigenvalue weighted by Gasteiger charge is -2.01. The molecule has 2 aromatic heterocycles. The zero-order chi connectivity index (χ0) is 14.1. The molecule has 100 valence electrons. The molecule has 0 unspecified atom stereocenters. The van der Waals surface area contributed by atoms with Crippen molar-refractivity contribution in [1.29, 1.82) is 0 Å². The molecule has 0 fully saturated rings. The summed E-state index contributed by atoms with van der Waals surface area (Å²) in [5, 5.41) is 2.59. The molecule has 1 N–H and O–H groups in total. The van der Waals surface area contributed by atoms with E-state index in [-0.39, 0.29) is 11.5 Å². The normalized spacial score (nSPS) is 10.7. The first-order chi connectivity index (χ1) is 9.61. The molecule has 0 spiro atoms. The second-order valence-electron chi connectivity index (χ2n) is 4.20. The van der Waals surface area contributed by atoms with E-state index in [0.29, 0.717) is 11.3 Å². The lowest BCUT2D eigenvalue weighted by Crippen LogP contribution is -2.12. The number of anilines is 1. The lowest BCUT2D eigenvalue weighted by molar-refractivity contribution is 0.102. The molecule has 4 nitrogen and oxygen atoms in total. The predicted octanol–water partition coefficient (Wildman–Crippen LogP) is 2.86. The van der Waals surface area contributed by atoms with E-state index in [1.165, 1.54) is 53.2 Å². The van der Waals surface area contributed by atoms with Crippen LogP contribution in [0.15, 0.2) is 48.8 Å². The van der Waals surface area contributed by atoms with E-state index < -0.39 is 11.7 Å². The van der Waals surface area contributed by atoms with Crippen LogP contribution < -0.4 is 5.32 Å². The van der Waals surface area contributed by atoms with Crippen LogP contribution in [-0.4, -0.2) is 15.3 Å². The Hall–Kier alpha value is -2.76. The van der Waals surface area contributed by atoms with E-state index in [1.54, 1.807) is 0 Å². The number of aromatic nitrogens is 2. The number of imidazole rings is 1. The third kappa shape index (κ3) is 2.35. The van der Waals surface area contributed by atoms with Crippen LogP contribution >= 0.6 is 0 Å². The number of hydrogen-bond donors (Lipinski definition) is 1. The topological polar surface area (TPSA) is 46.4 Å². The Balaban J connectivity index is 1.86. The minimum atomic E-state index is -0.444. The van der Waals surface area contributed by atoms with Crippen LogP contribution in [0.2, 0.25) is 0 Å². The van der Waals surface area contributed by atoms with Crippen LogP contribution in [-0.2, 0) is 0 Å². The Morgan fingerprint density at radius 1 is 1.00 bits per heavy atom. The first kappa shape index (κ1) is 12.3. The molecular weight excluding hydrogens is 264 g/mol. The lowest BCUT2D eigenvalue weighted by atomic mass is 10.3. The number of carbonyl (C=O) groups excluding carboxylic acids is 1. The first-order valence-corrected chi connectivity index (χ1v) is 5.83. The van der Waals surface area contributed by atoms with Gasteiger partial charge in [0.05, 0.1) is 0 Å². The summed E-state index contributed by atoms with van der Waals surface area (Å²) in [6.07, 6.45) is 2.66. The number of amides is 1. The summed E-state index contributed by atoms with van der Waals surface area (Å²) in [5.41, 5.74) is 1.08. The summed E-state index contributed by atoms with van der Waals surface area (Å²) in [4.78, 5) is 16.1. The number of fused-ring (bicyclic) bond motifs is 1. The summed E-state index contributed by atoms with van der Waals surface area (Å²) >= 11 is 0. The van der Waals surface area contributed by atoms with Gasteiger partial charge in [-0.3, -0.25) is 4.79 Å². The van der Waals surface area contributed by atoms with Crippen LogP contribution in [0.3, 0.4) is 0 Å². The molecule has 0 radical (unpaired) electrons. The van der Waals surface area contributed by atoms with Gasteiger partial charge in [0, 0.05) is 18.1 Å². The van der Waals surface area contributed by atoms with E-state index in [1.807, 2.05) is 0 Å². The van der Waals surface area contributed by atoms with Crippen molar-refractivity contribution in [2.24, 2.45) is 0 Å². The van der Waals surface area contributed by atoms with E-state index in [4.69, 9.17) is 0 Å². The molecule has 20 heavy (non-hydrogen) atoms. The quantitative estimate of drug-likeness (QED) is 0.780. The van der Waals surface area contributed by atoms with Gasteiger partial charge in [0.1, 0.15) is 23.0 Å². The zero-order valence-corrected chi connectivity index (χ0v) is 10.2. The highest BCUT2D eigenvalue weighted by Gasteiger charge is 2.11. The van der Waals surface area contributed by atoms with Crippen molar-refractivity contribution < 1.29 is 13.6 Å². The second kappa shape index (κ2) is 4.73. The molecule has 0 bridgehead atoms. The average molecular weight is 273 g/mol. The summed E-state index contributed by atoms with van der Waals surface area (Å²) in [6.45, 7) is 0. The molecule has 3 rings (SSSR count). The molecule has 0 saturated heterocycles. The molecule has 0 atom stereocenters. The first-order valence-electron chi connectivity index (χ1n) is 5.83. The molecule has 0 aliphatic heterocycles. The molecule has 0 aliphatic rings. The molecule has 0 aliphatic carbocycles. The van der Waals surface area contributed by atoms with Crippen molar-refractivity contribution in [3.63, 3.8) is 0 Å². The van der Waals surface area contributed by atoms with Crippen molar-refractivity contribution in [2.45, 2.75) is 0 Å². The fourth-order valence-corrected chi connectivity index (χ4v) is 1.80. The van der Waals surface area contributed by atoms with Crippen LogP contribution in [0, 0.1) is 11.6 Å². The number of rotatable bonds is 2. The highest BCUT2D eigenvalue weighted by Crippen LogP contribution is 2.11. The molecule has 1 amide bonds. The van der Waals surface area contributed by atoms with E-state index in [2.05, 4.69) is 10.3 Å². The van der Waals surface area contributed by atoms with Gasteiger partial charge in [-0.15, -0.1) is 0 Å². The summed E-state index contributed by atoms with van der Waals surface area (Å²) in [7, 11) is 0. The maximum atomic E-state index is 13.0. The van der Waals surface area contributed by atoms with Crippen LogP contribution in [0.4, 0.5) is 14.5 Å². The van der Waals surface area contributed by atoms with Crippen molar-refractivity contribution >= 4 is 17.2 Å². The molecule has 3 aromatic rings. The number of halogens is 2. The number of benzene rings is 1. The van der Waals surface area contributed by atoms with Crippen LogP contribution in [0.25, 0.3) is 5.65 Å². The van der Waals surface area contributed by atoms with Gasteiger partial charge in [0.15, 0.2) is 0 Å². The summed E-state index contributed by atoms with van der Waals surface area (Å²) in [5.74, 6) is -1.24. The predicted molar refractivity (Wildman–Crippen MR) is 69.5 cm³/mol. The van der Waals surface area contributed by atoms with Gasteiger partial charge in [0.2, 0.25) is 0 Å². The van der Waals surface area contributed by atoms with Gasteiger partial charge in [-0.2, -0.15) is 0 Å². The third-order valence-electron chi connectivity index (χ3n) is 2.75. The van der Waals surface area contributed by atoms with Gasteiger partial charge < -0.3 is 9.72 Å². The molecular formula is C14H9F2N3O. The second-order valence-corrected chi connectivity index (χ2v) is 4.20. The van der Waals surface area contributed by atoms with Gasteiger partial charge in [-0.05, 0) is 36.4 Å². The Kier molecular flexibility index (Phi) is 2.90. The fourth-order valence-electron chi connectivity index (χ4n) is 1.80.